The zero-order valence-electron chi connectivity index (χ0n) is 15.9. The molecule has 0 saturated carbocycles. The molecule has 1 atom stereocenters. The minimum Gasteiger partial charge on any atom is -0.395 e. The van der Waals surface area contributed by atoms with Gasteiger partial charge >= 0.3 is 7.82 Å². The van der Waals surface area contributed by atoms with Gasteiger partial charge in [0.15, 0.2) is 5.78 Å². The van der Waals surface area contributed by atoms with Crippen LogP contribution in [0.3, 0.4) is 0 Å². The predicted molar refractivity (Wildman–Crippen MR) is 108 cm³/mol. The first kappa shape index (κ1) is 19.9. The molecule has 0 fully saturated rings. The molecule has 1 unspecified atom stereocenters. The van der Waals surface area contributed by atoms with E-state index in [0.717, 1.165) is 16.7 Å². The first-order valence-electron chi connectivity index (χ1n) is 8.75. The van der Waals surface area contributed by atoms with Crippen molar-refractivity contribution in [2.75, 3.05) is 0 Å². The van der Waals surface area contributed by atoms with Gasteiger partial charge in [0, 0.05) is 11.1 Å². The Kier molecular flexibility index (Phi) is 5.68. The van der Waals surface area contributed by atoms with E-state index >= 15 is 0 Å². The normalized spacial score (nSPS) is 12.9. The molecule has 0 amide bonds. The molecular formula is C22H21O5P. The highest BCUT2D eigenvalue weighted by Gasteiger charge is 2.25. The molecule has 0 radical (unpaired) electrons. The largest absolute Gasteiger partial charge is 0.584 e. The van der Waals surface area contributed by atoms with Gasteiger partial charge in [-0.15, -0.1) is 0 Å². The molecular weight excluding hydrogens is 375 g/mol. The summed E-state index contributed by atoms with van der Waals surface area (Å²) in [6.45, 7) is 5.81. The van der Waals surface area contributed by atoms with Crippen LogP contribution >= 0.6 is 7.82 Å². The minimum atomic E-state index is -4.34. The summed E-state index contributed by atoms with van der Waals surface area (Å²) in [5, 5.41) is 0. The smallest absolute Gasteiger partial charge is 0.395 e. The van der Waals surface area contributed by atoms with Crippen molar-refractivity contribution in [3.8, 4) is 11.5 Å². The summed E-state index contributed by atoms with van der Waals surface area (Å²) >= 11 is 0. The van der Waals surface area contributed by atoms with E-state index in [1.54, 1.807) is 42.5 Å². The lowest BCUT2D eigenvalue weighted by Crippen LogP contribution is -2.07. The molecule has 28 heavy (non-hydrogen) atoms. The van der Waals surface area contributed by atoms with Gasteiger partial charge in [-0.1, -0.05) is 35.9 Å². The van der Waals surface area contributed by atoms with Crippen molar-refractivity contribution in [2.24, 2.45) is 0 Å². The molecule has 6 heteroatoms. The number of hydrogen-bond acceptors (Lipinski definition) is 4. The molecule has 0 saturated heterocycles. The summed E-state index contributed by atoms with van der Waals surface area (Å²) in [5.41, 5.74) is 4.07. The second-order valence-corrected chi connectivity index (χ2v) is 7.89. The summed E-state index contributed by atoms with van der Waals surface area (Å²) in [4.78, 5) is 22.8. The van der Waals surface area contributed by atoms with Crippen LogP contribution in [0.25, 0.3) is 0 Å². The van der Waals surface area contributed by atoms with E-state index in [1.807, 2.05) is 32.9 Å². The molecule has 3 rings (SSSR count). The van der Waals surface area contributed by atoms with Crippen molar-refractivity contribution in [2.45, 2.75) is 20.8 Å². The summed E-state index contributed by atoms with van der Waals surface area (Å²) in [6, 6.07) is 18.3. The van der Waals surface area contributed by atoms with E-state index in [1.165, 1.54) is 12.1 Å². The first-order chi connectivity index (χ1) is 13.2. The topological polar surface area (TPSA) is 72.8 Å². The van der Waals surface area contributed by atoms with Crippen molar-refractivity contribution in [1.29, 1.82) is 0 Å². The highest BCUT2D eigenvalue weighted by atomic mass is 31.2. The Morgan fingerprint density at radius 1 is 0.821 bits per heavy atom. The molecule has 0 aliphatic heterocycles. The molecule has 0 aliphatic carbocycles. The number of phosphoric ester groups is 1. The SMILES string of the molecule is Cc1cc(C)c(C(=O)c2ccc(OP(=O)(O)Oc3ccccc3)cc2)c(C)c1. The molecule has 0 bridgehead atoms. The number of phosphoric acid groups is 1. The van der Waals surface area contributed by atoms with E-state index < -0.39 is 7.82 Å². The van der Waals surface area contributed by atoms with Gasteiger partial charge in [0.2, 0.25) is 0 Å². The predicted octanol–water partition coefficient (Wildman–Crippen LogP) is 5.40. The van der Waals surface area contributed by atoms with Crippen LogP contribution < -0.4 is 9.05 Å². The van der Waals surface area contributed by atoms with Crippen LogP contribution in [0.4, 0.5) is 0 Å². The van der Waals surface area contributed by atoms with Gasteiger partial charge in [0.05, 0.1) is 0 Å². The lowest BCUT2D eigenvalue weighted by atomic mass is 9.93. The molecule has 0 heterocycles. The van der Waals surface area contributed by atoms with Gasteiger partial charge in [-0.3, -0.25) is 9.69 Å². The Hall–Kier alpha value is -2.88. The number of aryl methyl sites for hydroxylation is 3. The fourth-order valence-electron chi connectivity index (χ4n) is 3.12. The van der Waals surface area contributed by atoms with Gasteiger partial charge in [0.1, 0.15) is 11.5 Å². The number of benzene rings is 3. The molecule has 0 aromatic heterocycles. The lowest BCUT2D eigenvalue weighted by molar-refractivity contribution is 0.103. The average molecular weight is 396 g/mol. The molecule has 0 aliphatic rings. The highest BCUT2D eigenvalue weighted by molar-refractivity contribution is 7.48. The van der Waals surface area contributed by atoms with E-state index in [-0.39, 0.29) is 17.3 Å². The van der Waals surface area contributed by atoms with Crippen LogP contribution in [0.15, 0.2) is 66.7 Å². The van der Waals surface area contributed by atoms with Gasteiger partial charge < -0.3 is 9.05 Å². The van der Waals surface area contributed by atoms with Crippen molar-refractivity contribution >= 4 is 13.6 Å². The van der Waals surface area contributed by atoms with Gasteiger partial charge in [-0.2, -0.15) is 0 Å². The van der Waals surface area contributed by atoms with Crippen molar-refractivity contribution in [3.05, 3.63) is 94.5 Å². The van der Waals surface area contributed by atoms with Crippen LogP contribution in [-0.4, -0.2) is 10.7 Å². The number of carbonyl (C=O) groups is 1. The van der Waals surface area contributed by atoms with E-state index in [0.29, 0.717) is 11.1 Å². The van der Waals surface area contributed by atoms with Gasteiger partial charge in [0.25, 0.3) is 0 Å². The Morgan fingerprint density at radius 3 is 1.86 bits per heavy atom. The maximum Gasteiger partial charge on any atom is 0.584 e. The first-order valence-corrected chi connectivity index (χ1v) is 10.2. The van der Waals surface area contributed by atoms with Crippen LogP contribution in [0, 0.1) is 20.8 Å². The Bertz CT molecular complexity index is 1020. The Labute approximate surface area is 164 Å². The second kappa shape index (κ2) is 8.01. The molecule has 0 spiro atoms. The van der Waals surface area contributed by atoms with Crippen LogP contribution in [0.5, 0.6) is 11.5 Å². The number of carbonyl (C=O) groups excluding carboxylic acids is 1. The van der Waals surface area contributed by atoms with Crippen molar-refractivity contribution < 1.29 is 23.3 Å². The van der Waals surface area contributed by atoms with Crippen molar-refractivity contribution in [3.63, 3.8) is 0 Å². The van der Waals surface area contributed by atoms with Gasteiger partial charge in [-0.25, -0.2) is 4.57 Å². The maximum absolute atomic E-state index is 12.9. The minimum absolute atomic E-state index is 0.103. The zero-order chi connectivity index (χ0) is 20.3. The fourth-order valence-corrected chi connectivity index (χ4v) is 3.93. The second-order valence-electron chi connectivity index (χ2n) is 6.59. The summed E-state index contributed by atoms with van der Waals surface area (Å²) < 4.78 is 22.3. The molecule has 1 N–H and O–H groups in total. The zero-order valence-corrected chi connectivity index (χ0v) is 16.8. The Balaban J connectivity index is 1.76. The lowest BCUT2D eigenvalue weighted by Gasteiger charge is -2.14. The molecule has 5 nitrogen and oxygen atoms in total. The number of ketones is 1. The monoisotopic (exact) mass is 396 g/mol. The average Bonchev–Trinajstić information content (AvgIpc) is 2.61. The number of rotatable bonds is 6. The molecule has 3 aromatic rings. The van der Waals surface area contributed by atoms with Crippen LogP contribution in [-0.2, 0) is 4.57 Å². The van der Waals surface area contributed by atoms with E-state index in [9.17, 15) is 14.3 Å². The van der Waals surface area contributed by atoms with Crippen LogP contribution in [0.1, 0.15) is 32.6 Å². The standard InChI is InChI=1S/C22H21O5P/c1-15-13-16(2)21(17(3)14-15)22(23)18-9-11-20(12-10-18)27-28(24,25)26-19-7-5-4-6-8-19/h4-14H,1-3H3,(H,24,25). The summed E-state index contributed by atoms with van der Waals surface area (Å²) in [5.74, 6) is 0.260. The highest BCUT2D eigenvalue weighted by Crippen LogP contribution is 2.44. The summed E-state index contributed by atoms with van der Waals surface area (Å²) in [7, 11) is -4.34. The quantitative estimate of drug-likeness (QED) is 0.446. The van der Waals surface area contributed by atoms with E-state index in [2.05, 4.69) is 0 Å². The number of para-hydroxylation sites is 1. The third-order valence-electron chi connectivity index (χ3n) is 4.21. The molecule has 3 aromatic carbocycles. The van der Waals surface area contributed by atoms with Gasteiger partial charge in [-0.05, 0) is 68.3 Å². The third kappa shape index (κ3) is 4.69. The number of hydrogen-bond donors (Lipinski definition) is 1. The summed E-state index contributed by atoms with van der Waals surface area (Å²) in [6.07, 6.45) is 0. The fraction of sp³-hybridized carbons (Fsp3) is 0.136. The van der Waals surface area contributed by atoms with Crippen LogP contribution in [0.2, 0.25) is 0 Å². The maximum atomic E-state index is 12.9. The molecule has 144 valence electrons. The van der Waals surface area contributed by atoms with E-state index in [4.69, 9.17) is 9.05 Å². The third-order valence-corrected chi connectivity index (χ3v) is 5.09. The Morgan fingerprint density at radius 2 is 1.32 bits per heavy atom. The van der Waals surface area contributed by atoms with Crippen molar-refractivity contribution in [1.82, 2.24) is 0 Å².